The molecule has 0 bridgehead atoms. The first-order valence-corrected chi connectivity index (χ1v) is 7.22. The van der Waals surface area contributed by atoms with E-state index in [0.29, 0.717) is 31.7 Å². The molecule has 1 aromatic heterocycles. The van der Waals surface area contributed by atoms with Gasteiger partial charge >= 0.3 is 5.97 Å². The summed E-state index contributed by atoms with van der Waals surface area (Å²) in [6.07, 6.45) is 4.37. The minimum atomic E-state index is -0.768. The molecular weight excluding hydrogens is 270 g/mol. The summed E-state index contributed by atoms with van der Waals surface area (Å²) in [7, 11) is 0. The van der Waals surface area contributed by atoms with Gasteiger partial charge in [0.2, 0.25) is 0 Å². The van der Waals surface area contributed by atoms with Gasteiger partial charge in [0.1, 0.15) is 0 Å². The number of aromatic nitrogens is 2. The first-order valence-electron chi connectivity index (χ1n) is 7.22. The van der Waals surface area contributed by atoms with E-state index >= 15 is 0 Å². The highest BCUT2D eigenvalue weighted by atomic mass is 16.4. The van der Waals surface area contributed by atoms with Gasteiger partial charge in [0.15, 0.2) is 5.82 Å². The van der Waals surface area contributed by atoms with E-state index in [9.17, 15) is 14.7 Å². The van der Waals surface area contributed by atoms with Crippen LogP contribution in [0.5, 0.6) is 0 Å². The minimum Gasteiger partial charge on any atom is -0.481 e. The predicted molar refractivity (Wildman–Crippen MR) is 80.7 cm³/mol. The molecule has 1 saturated heterocycles. The Morgan fingerprint density at radius 2 is 1.90 bits per heavy atom. The van der Waals surface area contributed by atoms with E-state index in [-0.39, 0.29) is 11.1 Å². The van der Waals surface area contributed by atoms with E-state index in [1.165, 1.54) is 0 Å². The molecule has 0 amide bonds. The van der Waals surface area contributed by atoms with Crippen molar-refractivity contribution in [1.29, 1.82) is 0 Å². The van der Waals surface area contributed by atoms with Gasteiger partial charge in [-0.2, -0.15) is 0 Å². The van der Waals surface area contributed by atoms with Gasteiger partial charge in [0.25, 0.3) is 5.56 Å². The van der Waals surface area contributed by atoms with Gasteiger partial charge in [-0.05, 0) is 40.5 Å². The summed E-state index contributed by atoms with van der Waals surface area (Å²) in [5.41, 5.74) is -1.13. The standard InChI is InChI=1S/C15H23N3O3/c1-14(2,3)18-10-7-16-11(12(18)19)17-8-5-15(4,6-9-17)13(20)21/h7,10H,5-6,8-9H2,1-4H3,(H,20,21). The highest BCUT2D eigenvalue weighted by Crippen LogP contribution is 2.32. The minimum absolute atomic E-state index is 0.121. The number of piperidine rings is 1. The summed E-state index contributed by atoms with van der Waals surface area (Å²) in [5, 5.41) is 9.26. The lowest BCUT2D eigenvalue weighted by atomic mass is 9.80. The summed E-state index contributed by atoms with van der Waals surface area (Å²) >= 11 is 0. The molecule has 0 aromatic carbocycles. The molecule has 6 nitrogen and oxygen atoms in total. The average Bonchev–Trinajstić information content (AvgIpc) is 2.39. The molecule has 1 N–H and O–H groups in total. The third-order valence-corrected chi connectivity index (χ3v) is 4.23. The van der Waals surface area contributed by atoms with Crippen molar-refractivity contribution in [2.75, 3.05) is 18.0 Å². The van der Waals surface area contributed by atoms with Crippen molar-refractivity contribution in [2.24, 2.45) is 5.41 Å². The monoisotopic (exact) mass is 293 g/mol. The van der Waals surface area contributed by atoms with Crippen molar-refractivity contribution in [3.8, 4) is 0 Å². The molecule has 2 rings (SSSR count). The molecule has 0 radical (unpaired) electrons. The largest absolute Gasteiger partial charge is 0.481 e. The van der Waals surface area contributed by atoms with Crippen LogP contribution in [0.2, 0.25) is 0 Å². The highest BCUT2D eigenvalue weighted by Gasteiger charge is 2.37. The van der Waals surface area contributed by atoms with Crippen LogP contribution in [0, 0.1) is 5.41 Å². The van der Waals surface area contributed by atoms with E-state index in [0.717, 1.165) is 0 Å². The quantitative estimate of drug-likeness (QED) is 0.898. The van der Waals surface area contributed by atoms with Gasteiger partial charge in [-0.3, -0.25) is 9.59 Å². The van der Waals surface area contributed by atoms with Gasteiger partial charge in [0, 0.05) is 31.0 Å². The van der Waals surface area contributed by atoms with Crippen LogP contribution in [0.4, 0.5) is 5.82 Å². The summed E-state index contributed by atoms with van der Waals surface area (Å²) in [6.45, 7) is 8.75. The molecule has 1 fully saturated rings. The van der Waals surface area contributed by atoms with E-state index in [4.69, 9.17) is 0 Å². The SMILES string of the molecule is CC1(C(=O)O)CCN(c2nccn(C(C)(C)C)c2=O)CC1. The third kappa shape index (κ3) is 2.94. The molecule has 21 heavy (non-hydrogen) atoms. The Bertz CT molecular complexity index is 593. The Morgan fingerprint density at radius 3 is 2.38 bits per heavy atom. The molecule has 0 atom stereocenters. The Morgan fingerprint density at radius 1 is 1.33 bits per heavy atom. The lowest BCUT2D eigenvalue weighted by Gasteiger charge is -2.37. The van der Waals surface area contributed by atoms with Crippen LogP contribution in [0.25, 0.3) is 0 Å². The fourth-order valence-corrected chi connectivity index (χ4v) is 2.57. The van der Waals surface area contributed by atoms with Crippen LogP contribution < -0.4 is 10.5 Å². The van der Waals surface area contributed by atoms with Gasteiger partial charge in [0.05, 0.1) is 5.41 Å². The zero-order chi connectivity index (χ0) is 15.8. The van der Waals surface area contributed by atoms with Gasteiger partial charge < -0.3 is 14.6 Å². The number of anilines is 1. The maximum atomic E-state index is 12.6. The molecule has 1 aliphatic heterocycles. The molecule has 0 unspecified atom stereocenters. The van der Waals surface area contributed by atoms with Crippen LogP contribution in [0.3, 0.4) is 0 Å². The molecule has 116 valence electrons. The number of nitrogens with zero attached hydrogens (tertiary/aromatic N) is 3. The summed E-state index contributed by atoms with van der Waals surface area (Å²) < 4.78 is 1.67. The van der Waals surface area contributed by atoms with Crippen molar-refractivity contribution < 1.29 is 9.90 Å². The van der Waals surface area contributed by atoms with Crippen LogP contribution in [-0.4, -0.2) is 33.7 Å². The average molecular weight is 293 g/mol. The lowest BCUT2D eigenvalue weighted by Crippen LogP contribution is -2.46. The molecular formula is C15H23N3O3. The fraction of sp³-hybridized carbons (Fsp3) is 0.667. The topological polar surface area (TPSA) is 75.4 Å². The van der Waals surface area contributed by atoms with E-state index in [1.807, 2.05) is 25.7 Å². The second-order valence-electron chi connectivity index (χ2n) is 6.95. The molecule has 1 aromatic rings. The number of carbonyl (C=O) groups is 1. The zero-order valence-electron chi connectivity index (χ0n) is 13.1. The van der Waals surface area contributed by atoms with E-state index in [1.54, 1.807) is 23.9 Å². The lowest BCUT2D eigenvalue weighted by molar-refractivity contribution is -0.149. The summed E-state index contributed by atoms with van der Waals surface area (Å²) in [6, 6.07) is 0. The van der Waals surface area contributed by atoms with Crippen LogP contribution in [0.15, 0.2) is 17.2 Å². The summed E-state index contributed by atoms with van der Waals surface area (Å²) in [4.78, 5) is 29.9. The van der Waals surface area contributed by atoms with Crippen molar-refractivity contribution in [1.82, 2.24) is 9.55 Å². The predicted octanol–water partition coefficient (Wildman–Crippen LogP) is 1.69. The Balaban J connectivity index is 2.26. The van der Waals surface area contributed by atoms with Gasteiger partial charge in [-0.25, -0.2) is 4.98 Å². The molecule has 6 heteroatoms. The van der Waals surface area contributed by atoms with E-state index in [2.05, 4.69) is 4.98 Å². The van der Waals surface area contributed by atoms with Crippen molar-refractivity contribution in [3.63, 3.8) is 0 Å². The molecule has 0 spiro atoms. The fourth-order valence-electron chi connectivity index (χ4n) is 2.57. The number of hydrogen-bond donors (Lipinski definition) is 1. The van der Waals surface area contributed by atoms with Crippen molar-refractivity contribution in [3.05, 3.63) is 22.7 Å². The first kappa shape index (κ1) is 15.5. The van der Waals surface area contributed by atoms with Crippen molar-refractivity contribution >= 4 is 11.8 Å². The van der Waals surface area contributed by atoms with Gasteiger partial charge in [-0.15, -0.1) is 0 Å². The molecule has 0 aliphatic carbocycles. The third-order valence-electron chi connectivity index (χ3n) is 4.23. The second kappa shape index (κ2) is 5.16. The number of hydrogen-bond acceptors (Lipinski definition) is 4. The van der Waals surface area contributed by atoms with Crippen molar-refractivity contribution in [2.45, 2.75) is 46.1 Å². The first-order chi connectivity index (χ1) is 9.65. The normalized spacial score (nSPS) is 18.6. The maximum absolute atomic E-state index is 12.6. The Hall–Kier alpha value is -1.85. The zero-order valence-corrected chi connectivity index (χ0v) is 13.1. The number of carboxylic acids is 1. The van der Waals surface area contributed by atoms with Crippen LogP contribution in [0.1, 0.15) is 40.5 Å². The van der Waals surface area contributed by atoms with Crippen LogP contribution >= 0.6 is 0 Å². The molecule has 1 aliphatic rings. The smallest absolute Gasteiger partial charge is 0.309 e. The molecule has 2 heterocycles. The number of rotatable bonds is 2. The Labute approximate surface area is 124 Å². The summed E-state index contributed by atoms with van der Waals surface area (Å²) in [5.74, 6) is -0.352. The number of aliphatic carboxylic acids is 1. The highest BCUT2D eigenvalue weighted by molar-refractivity contribution is 5.74. The van der Waals surface area contributed by atoms with E-state index < -0.39 is 11.4 Å². The molecule has 0 saturated carbocycles. The number of carboxylic acid groups (broad SMARTS) is 1. The van der Waals surface area contributed by atoms with Gasteiger partial charge in [-0.1, -0.05) is 0 Å². The van der Waals surface area contributed by atoms with Crippen LogP contribution in [-0.2, 0) is 10.3 Å². The second-order valence-corrected chi connectivity index (χ2v) is 6.95. The maximum Gasteiger partial charge on any atom is 0.309 e. The Kier molecular flexibility index (Phi) is 3.82.